The van der Waals surface area contributed by atoms with Crippen LogP contribution < -0.4 is 10.2 Å². The SMILES string of the molecule is CNC1=CCN(c2ccc(I)cc2F)CN1C. The van der Waals surface area contributed by atoms with Gasteiger partial charge in [0.2, 0.25) is 0 Å². The highest BCUT2D eigenvalue weighted by atomic mass is 127. The Labute approximate surface area is 114 Å². The van der Waals surface area contributed by atoms with Gasteiger partial charge in [-0.3, -0.25) is 0 Å². The average Bonchev–Trinajstić information content (AvgIpc) is 2.29. The zero-order valence-corrected chi connectivity index (χ0v) is 12.0. The second kappa shape index (κ2) is 5.12. The van der Waals surface area contributed by atoms with Crippen LogP contribution in [0.15, 0.2) is 30.1 Å². The van der Waals surface area contributed by atoms with Crippen LogP contribution in [0.3, 0.4) is 0 Å². The number of hydrogen-bond acceptors (Lipinski definition) is 3. The molecule has 5 heteroatoms. The molecule has 92 valence electrons. The summed E-state index contributed by atoms with van der Waals surface area (Å²) in [6.45, 7) is 1.40. The average molecular weight is 347 g/mol. The summed E-state index contributed by atoms with van der Waals surface area (Å²) in [5, 5.41) is 3.11. The Bertz CT molecular complexity index is 447. The third-order valence-electron chi connectivity index (χ3n) is 2.81. The molecule has 0 bridgehead atoms. The van der Waals surface area contributed by atoms with Crippen molar-refractivity contribution in [3.05, 3.63) is 39.5 Å². The normalized spacial score (nSPS) is 15.9. The highest BCUT2D eigenvalue weighted by Crippen LogP contribution is 2.23. The van der Waals surface area contributed by atoms with E-state index in [-0.39, 0.29) is 5.82 Å². The van der Waals surface area contributed by atoms with Gasteiger partial charge in [-0.25, -0.2) is 4.39 Å². The predicted molar refractivity (Wildman–Crippen MR) is 76.2 cm³/mol. The predicted octanol–water partition coefficient (Wildman–Crippen LogP) is 2.20. The van der Waals surface area contributed by atoms with E-state index in [1.807, 2.05) is 31.1 Å². The van der Waals surface area contributed by atoms with Crippen LogP contribution in [-0.2, 0) is 0 Å². The summed E-state index contributed by atoms with van der Waals surface area (Å²) >= 11 is 2.12. The molecule has 1 aliphatic rings. The van der Waals surface area contributed by atoms with E-state index in [4.69, 9.17) is 0 Å². The Hall–Kier alpha value is -0.980. The number of anilines is 1. The van der Waals surface area contributed by atoms with Crippen molar-refractivity contribution in [2.24, 2.45) is 0 Å². The topological polar surface area (TPSA) is 18.5 Å². The zero-order chi connectivity index (χ0) is 12.4. The Morgan fingerprint density at radius 3 is 2.76 bits per heavy atom. The largest absolute Gasteiger partial charge is 0.375 e. The third-order valence-corrected chi connectivity index (χ3v) is 3.48. The van der Waals surface area contributed by atoms with E-state index in [1.165, 1.54) is 0 Å². The van der Waals surface area contributed by atoms with Crippen molar-refractivity contribution >= 4 is 28.3 Å². The van der Waals surface area contributed by atoms with Gasteiger partial charge in [-0.2, -0.15) is 0 Å². The van der Waals surface area contributed by atoms with E-state index in [0.29, 0.717) is 12.4 Å². The van der Waals surface area contributed by atoms with Crippen molar-refractivity contribution in [1.82, 2.24) is 10.2 Å². The maximum Gasteiger partial charge on any atom is 0.147 e. The first kappa shape index (κ1) is 12.5. The fourth-order valence-electron chi connectivity index (χ4n) is 1.95. The lowest BCUT2D eigenvalue weighted by Gasteiger charge is -2.35. The van der Waals surface area contributed by atoms with Crippen molar-refractivity contribution in [2.75, 3.05) is 32.2 Å². The van der Waals surface area contributed by atoms with Gasteiger partial charge in [0, 0.05) is 24.2 Å². The number of hydrogen-bond donors (Lipinski definition) is 1. The van der Waals surface area contributed by atoms with Crippen LogP contribution in [0.5, 0.6) is 0 Å². The molecule has 1 heterocycles. The second-order valence-electron chi connectivity index (χ2n) is 4.00. The number of benzene rings is 1. The molecule has 0 aromatic heterocycles. The lowest BCUT2D eigenvalue weighted by molar-refractivity contribution is 0.371. The number of rotatable bonds is 2. The summed E-state index contributed by atoms with van der Waals surface area (Å²) in [6.07, 6.45) is 2.06. The molecular formula is C12H15FIN3. The standard InChI is InChI=1S/C12H15FIN3/c1-15-12-5-6-17(8-16(12)2)11-4-3-9(14)7-10(11)13/h3-5,7,15H,6,8H2,1-2H3. The number of halogens is 2. The van der Waals surface area contributed by atoms with Gasteiger partial charge in [0.05, 0.1) is 18.2 Å². The summed E-state index contributed by atoms with van der Waals surface area (Å²) in [4.78, 5) is 4.06. The minimum Gasteiger partial charge on any atom is -0.375 e. The maximum atomic E-state index is 13.8. The third kappa shape index (κ3) is 2.65. The molecule has 0 spiro atoms. The van der Waals surface area contributed by atoms with E-state index in [2.05, 4.69) is 38.9 Å². The van der Waals surface area contributed by atoms with Gasteiger partial charge in [0.25, 0.3) is 0 Å². The summed E-state index contributed by atoms with van der Waals surface area (Å²) in [7, 11) is 3.88. The molecule has 2 rings (SSSR count). The Morgan fingerprint density at radius 2 is 2.18 bits per heavy atom. The van der Waals surface area contributed by atoms with Crippen LogP contribution in [0.25, 0.3) is 0 Å². The van der Waals surface area contributed by atoms with Crippen LogP contribution in [0.1, 0.15) is 0 Å². The Morgan fingerprint density at radius 1 is 1.41 bits per heavy atom. The van der Waals surface area contributed by atoms with Gasteiger partial charge in [-0.05, 0) is 46.9 Å². The van der Waals surface area contributed by atoms with E-state index in [1.54, 1.807) is 6.07 Å². The van der Waals surface area contributed by atoms with E-state index in [9.17, 15) is 4.39 Å². The van der Waals surface area contributed by atoms with Gasteiger partial charge in [0.15, 0.2) is 0 Å². The molecule has 0 radical (unpaired) electrons. The van der Waals surface area contributed by atoms with Crippen LogP contribution in [0.4, 0.5) is 10.1 Å². The lowest BCUT2D eigenvalue weighted by atomic mass is 10.2. The van der Waals surface area contributed by atoms with Crippen LogP contribution in [-0.4, -0.2) is 32.2 Å². The molecule has 17 heavy (non-hydrogen) atoms. The molecule has 1 N–H and O–H groups in total. The first-order valence-electron chi connectivity index (χ1n) is 5.41. The fraction of sp³-hybridized carbons (Fsp3) is 0.333. The molecule has 0 fully saturated rings. The van der Waals surface area contributed by atoms with Crippen LogP contribution in [0, 0.1) is 9.39 Å². The number of nitrogens with one attached hydrogen (secondary N) is 1. The van der Waals surface area contributed by atoms with E-state index in [0.717, 1.165) is 15.9 Å². The molecule has 0 amide bonds. The molecule has 1 aromatic carbocycles. The molecule has 0 aliphatic carbocycles. The highest BCUT2D eigenvalue weighted by molar-refractivity contribution is 14.1. The van der Waals surface area contributed by atoms with E-state index >= 15 is 0 Å². The smallest absolute Gasteiger partial charge is 0.147 e. The van der Waals surface area contributed by atoms with Crippen molar-refractivity contribution in [2.45, 2.75) is 0 Å². The Balaban J connectivity index is 2.22. The Kier molecular flexibility index (Phi) is 3.76. The quantitative estimate of drug-likeness (QED) is 0.828. The monoisotopic (exact) mass is 347 g/mol. The summed E-state index contributed by atoms with van der Waals surface area (Å²) in [5.41, 5.74) is 0.656. The van der Waals surface area contributed by atoms with Gasteiger partial charge in [-0.15, -0.1) is 0 Å². The van der Waals surface area contributed by atoms with E-state index < -0.39 is 0 Å². The molecule has 0 atom stereocenters. The molecular weight excluding hydrogens is 332 g/mol. The molecule has 1 aromatic rings. The fourth-order valence-corrected chi connectivity index (χ4v) is 2.40. The van der Waals surface area contributed by atoms with Crippen LogP contribution in [0.2, 0.25) is 0 Å². The number of nitrogens with zero attached hydrogens (tertiary/aromatic N) is 2. The highest BCUT2D eigenvalue weighted by Gasteiger charge is 2.18. The van der Waals surface area contributed by atoms with Gasteiger partial charge in [0.1, 0.15) is 5.82 Å². The summed E-state index contributed by atoms with van der Waals surface area (Å²) in [6, 6.07) is 5.33. The zero-order valence-electron chi connectivity index (χ0n) is 9.87. The summed E-state index contributed by atoms with van der Waals surface area (Å²) in [5.74, 6) is 0.916. The van der Waals surface area contributed by atoms with Crippen molar-refractivity contribution in [3.8, 4) is 0 Å². The minimum atomic E-state index is -0.161. The molecule has 0 saturated heterocycles. The first-order chi connectivity index (χ1) is 8.11. The minimum absolute atomic E-state index is 0.161. The summed E-state index contributed by atoms with van der Waals surface area (Å²) < 4.78 is 14.8. The molecule has 1 aliphatic heterocycles. The molecule has 0 saturated carbocycles. The lowest BCUT2D eigenvalue weighted by Crippen LogP contribution is -2.43. The van der Waals surface area contributed by atoms with Crippen molar-refractivity contribution in [1.29, 1.82) is 0 Å². The second-order valence-corrected chi connectivity index (χ2v) is 5.24. The molecule has 0 unspecified atom stereocenters. The van der Waals surface area contributed by atoms with Gasteiger partial charge in [-0.1, -0.05) is 0 Å². The first-order valence-corrected chi connectivity index (χ1v) is 6.48. The van der Waals surface area contributed by atoms with Crippen molar-refractivity contribution in [3.63, 3.8) is 0 Å². The van der Waals surface area contributed by atoms with Crippen molar-refractivity contribution < 1.29 is 4.39 Å². The van der Waals surface area contributed by atoms with Gasteiger partial charge >= 0.3 is 0 Å². The molecule has 3 nitrogen and oxygen atoms in total. The van der Waals surface area contributed by atoms with Gasteiger partial charge < -0.3 is 15.1 Å². The maximum absolute atomic E-state index is 13.8. The van der Waals surface area contributed by atoms with Crippen LogP contribution >= 0.6 is 22.6 Å².